The lowest BCUT2D eigenvalue weighted by atomic mass is 10.1. The number of rotatable bonds is 8. The average Bonchev–Trinajstić information content (AvgIpc) is 2.42. The molecule has 0 fully saturated rings. The molecule has 5 nitrogen and oxygen atoms in total. The maximum absolute atomic E-state index is 11.8. The Morgan fingerprint density at radius 3 is 2.89 bits per heavy atom. The van der Waals surface area contributed by atoms with Crippen LogP contribution < -0.4 is 10.6 Å². The normalized spacial score (nSPS) is 10.5. The van der Waals surface area contributed by atoms with Crippen molar-refractivity contribution in [2.45, 2.75) is 20.3 Å². The molecular weight excluding hydrogens is 242 g/mol. The SMILES string of the molecule is CNc1ccnc(C(=O)NCCOCCC(C)C)c1. The summed E-state index contributed by atoms with van der Waals surface area (Å²) in [6.45, 7) is 6.09. The molecule has 1 aromatic rings. The molecule has 1 amide bonds. The molecule has 0 saturated heterocycles. The zero-order valence-electron chi connectivity index (χ0n) is 11.9. The van der Waals surface area contributed by atoms with E-state index < -0.39 is 0 Å². The average molecular weight is 265 g/mol. The monoisotopic (exact) mass is 265 g/mol. The van der Waals surface area contributed by atoms with Gasteiger partial charge in [-0.1, -0.05) is 13.8 Å². The first-order valence-corrected chi connectivity index (χ1v) is 6.63. The highest BCUT2D eigenvalue weighted by molar-refractivity contribution is 5.93. The third-order valence-electron chi connectivity index (χ3n) is 2.65. The number of carbonyl (C=O) groups is 1. The molecule has 1 heterocycles. The summed E-state index contributed by atoms with van der Waals surface area (Å²) in [6, 6.07) is 3.53. The first-order valence-electron chi connectivity index (χ1n) is 6.63. The number of carbonyl (C=O) groups excluding carboxylic acids is 1. The second kappa shape index (κ2) is 8.48. The Bertz CT molecular complexity index is 394. The van der Waals surface area contributed by atoms with Crippen LogP contribution in [0.2, 0.25) is 0 Å². The molecule has 1 aromatic heterocycles. The number of aromatic nitrogens is 1. The molecule has 1 rings (SSSR count). The van der Waals surface area contributed by atoms with Crippen LogP contribution in [-0.2, 0) is 4.74 Å². The Hall–Kier alpha value is -1.62. The number of hydrogen-bond donors (Lipinski definition) is 2. The third kappa shape index (κ3) is 6.20. The second-order valence-corrected chi connectivity index (χ2v) is 4.73. The van der Waals surface area contributed by atoms with Gasteiger partial charge in [0.05, 0.1) is 6.61 Å². The van der Waals surface area contributed by atoms with Gasteiger partial charge in [-0.15, -0.1) is 0 Å². The number of nitrogens with zero attached hydrogens (tertiary/aromatic N) is 1. The van der Waals surface area contributed by atoms with Crippen molar-refractivity contribution in [1.82, 2.24) is 10.3 Å². The van der Waals surface area contributed by atoms with E-state index in [9.17, 15) is 4.79 Å². The minimum atomic E-state index is -0.176. The predicted molar refractivity (Wildman–Crippen MR) is 76.4 cm³/mol. The van der Waals surface area contributed by atoms with E-state index in [1.54, 1.807) is 19.3 Å². The van der Waals surface area contributed by atoms with Crippen LogP contribution in [0.4, 0.5) is 5.69 Å². The van der Waals surface area contributed by atoms with E-state index >= 15 is 0 Å². The molecule has 106 valence electrons. The standard InChI is InChI=1S/C14H23N3O2/c1-11(2)5-8-19-9-7-17-14(18)13-10-12(15-3)4-6-16-13/h4,6,10-11H,5,7-9H2,1-3H3,(H,15,16)(H,17,18). The maximum atomic E-state index is 11.8. The van der Waals surface area contributed by atoms with Crippen LogP contribution in [0.1, 0.15) is 30.8 Å². The van der Waals surface area contributed by atoms with Crippen molar-refractivity contribution in [3.8, 4) is 0 Å². The smallest absolute Gasteiger partial charge is 0.270 e. The van der Waals surface area contributed by atoms with Crippen LogP contribution >= 0.6 is 0 Å². The van der Waals surface area contributed by atoms with Gasteiger partial charge in [-0.05, 0) is 24.5 Å². The number of ether oxygens (including phenoxy) is 1. The Morgan fingerprint density at radius 1 is 1.42 bits per heavy atom. The van der Waals surface area contributed by atoms with Crippen LogP contribution in [0.5, 0.6) is 0 Å². The van der Waals surface area contributed by atoms with Gasteiger partial charge in [-0.25, -0.2) is 0 Å². The molecule has 5 heteroatoms. The van der Waals surface area contributed by atoms with Gasteiger partial charge in [-0.2, -0.15) is 0 Å². The minimum absolute atomic E-state index is 0.176. The summed E-state index contributed by atoms with van der Waals surface area (Å²) in [5.74, 6) is 0.465. The summed E-state index contributed by atoms with van der Waals surface area (Å²) in [7, 11) is 1.81. The maximum Gasteiger partial charge on any atom is 0.270 e. The van der Waals surface area contributed by atoms with Gasteiger partial charge >= 0.3 is 0 Å². The third-order valence-corrected chi connectivity index (χ3v) is 2.65. The summed E-state index contributed by atoms with van der Waals surface area (Å²) >= 11 is 0. The van der Waals surface area contributed by atoms with Gasteiger partial charge in [0.1, 0.15) is 5.69 Å². The fourth-order valence-electron chi connectivity index (χ4n) is 1.46. The molecule has 0 aliphatic rings. The molecule has 0 aromatic carbocycles. The number of nitrogens with one attached hydrogen (secondary N) is 2. The fraction of sp³-hybridized carbons (Fsp3) is 0.571. The van der Waals surface area contributed by atoms with Gasteiger partial charge in [0.15, 0.2) is 0 Å². The van der Waals surface area contributed by atoms with Gasteiger partial charge in [0.2, 0.25) is 0 Å². The highest BCUT2D eigenvalue weighted by atomic mass is 16.5. The van der Waals surface area contributed by atoms with Crippen molar-refractivity contribution >= 4 is 11.6 Å². The van der Waals surface area contributed by atoms with Crippen molar-refractivity contribution in [2.75, 3.05) is 32.1 Å². The summed E-state index contributed by atoms with van der Waals surface area (Å²) in [5, 5.41) is 5.76. The minimum Gasteiger partial charge on any atom is -0.388 e. The molecule has 0 unspecified atom stereocenters. The highest BCUT2D eigenvalue weighted by Crippen LogP contribution is 2.06. The van der Waals surface area contributed by atoms with Crippen LogP contribution in [0.15, 0.2) is 18.3 Å². The topological polar surface area (TPSA) is 63.2 Å². The number of anilines is 1. The predicted octanol–water partition coefficient (Wildman–Crippen LogP) is 1.92. The Kier molecular flexibility index (Phi) is 6.89. The van der Waals surface area contributed by atoms with E-state index in [4.69, 9.17) is 4.74 Å². The molecule has 0 spiro atoms. The Morgan fingerprint density at radius 2 is 2.21 bits per heavy atom. The van der Waals surface area contributed by atoms with Crippen molar-refractivity contribution < 1.29 is 9.53 Å². The lowest BCUT2D eigenvalue weighted by Gasteiger charge is -2.08. The van der Waals surface area contributed by atoms with Crippen LogP contribution in [0.3, 0.4) is 0 Å². The number of pyridine rings is 1. The Labute approximate surface area is 114 Å². The van der Waals surface area contributed by atoms with Gasteiger partial charge in [0, 0.05) is 32.1 Å². The summed E-state index contributed by atoms with van der Waals surface area (Å²) in [5.41, 5.74) is 1.28. The largest absolute Gasteiger partial charge is 0.388 e. The van der Waals surface area contributed by atoms with Crippen LogP contribution in [0.25, 0.3) is 0 Å². The van der Waals surface area contributed by atoms with Crippen molar-refractivity contribution in [1.29, 1.82) is 0 Å². The van der Waals surface area contributed by atoms with Crippen molar-refractivity contribution in [3.63, 3.8) is 0 Å². The van der Waals surface area contributed by atoms with E-state index in [0.29, 0.717) is 24.8 Å². The summed E-state index contributed by atoms with van der Waals surface area (Å²) in [4.78, 5) is 15.8. The van der Waals surface area contributed by atoms with E-state index in [-0.39, 0.29) is 5.91 Å². The van der Waals surface area contributed by atoms with Gasteiger partial charge < -0.3 is 15.4 Å². The van der Waals surface area contributed by atoms with Gasteiger partial charge in [0.25, 0.3) is 5.91 Å². The van der Waals surface area contributed by atoms with Crippen molar-refractivity contribution in [3.05, 3.63) is 24.0 Å². The lowest BCUT2D eigenvalue weighted by molar-refractivity contribution is 0.0901. The molecule has 0 bridgehead atoms. The molecular formula is C14H23N3O2. The van der Waals surface area contributed by atoms with Crippen LogP contribution in [0, 0.1) is 5.92 Å². The zero-order chi connectivity index (χ0) is 14.1. The molecule has 0 aliphatic carbocycles. The summed E-state index contributed by atoms with van der Waals surface area (Å²) in [6.07, 6.45) is 2.65. The van der Waals surface area contributed by atoms with E-state index in [2.05, 4.69) is 29.5 Å². The summed E-state index contributed by atoms with van der Waals surface area (Å²) < 4.78 is 5.43. The molecule has 0 atom stereocenters. The fourth-order valence-corrected chi connectivity index (χ4v) is 1.46. The molecule has 0 radical (unpaired) electrons. The molecule has 2 N–H and O–H groups in total. The molecule has 0 aliphatic heterocycles. The van der Waals surface area contributed by atoms with E-state index in [1.807, 2.05) is 6.07 Å². The van der Waals surface area contributed by atoms with Crippen LogP contribution in [-0.4, -0.2) is 37.7 Å². The number of amides is 1. The second-order valence-electron chi connectivity index (χ2n) is 4.73. The Balaban J connectivity index is 2.23. The molecule has 0 saturated carbocycles. The first-order chi connectivity index (χ1) is 9.13. The first kappa shape index (κ1) is 15.4. The highest BCUT2D eigenvalue weighted by Gasteiger charge is 2.06. The quantitative estimate of drug-likeness (QED) is 0.705. The molecule has 19 heavy (non-hydrogen) atoms. The van der Waals surface area contributed by atoms with E-state index in [0.717, 1.165) is 18.7 Å². The van der Waals surface area contributed by atoms with Crippen molar-refractivity contribution in [2.24, 2.45) is 5.92 Å². The lowest BCUT2D eigenvalue weighted by Crippen LogP contribution is -2.28. The van der Waals surface area contributed by atoms with Gasteiger partial charge in [-0.3, -0.25) is 9.78 Å². The van der Waals surface area contributed by atoms with E-state index in [1.165, 1.54) is 0 Å². The zero-order valence-corrected chi connectivity index (χ0v) is 11.9. The number of hydrogen-bond acceptors (Lipinski definition) is 4.